The number of hydrogen-bond acceptors (Lipinski definition) is 5. The predicted molar refractivity (Wildman–Crippen MR) is 97.5 cm³/mol. The highest BCUT2D eigenvalue weighted by atomic mass is 16.5. The maximum absolute atomic E-state index is 12.4. The molecule has 2 aliphatic rings. The standard InChI is InChI=1S/C20H23N3O3/c1-13(2)16-8-21-12-22-18(16)23-9-15-10-26-17-6-4-3-5-14(17)7-20(15,11-23)19(24)25/h3-6,8,12-13,15H,7,9-11H2,1-2H3,(H,24,25)/t15-,20+/m1/s1. The average molecular weight is 353 g/mol. The molecule has 0 aliphatic carbocycles. The number of rotatable bonds is 3. The largest absolute Gasteiger partial charge is 0.493 e. The van der Waals surface area contributed by atoms with Gasteiger partial charge in [0.25, 0.3) is 0 Å². The van der Waals surface area contributed by atoms with E-state index in [1.807, 2.05) is 30.5 Å². The lowest BCUT2D eigenvalue weighted by Gasteiger charge is -2.28. The molecule has 0 amide bonds. The van der Waals surface area contributed by atoms with E-state index >= 15 is 0 Å². The van der Waals surface area contributed by atoms with Gasteiger partial charge < -0.3 is 14.7 Å². The highest BCUT2D eigenvalue weighted by molar-refractivity contribution is 5.78. The minimum absolute atomic E-state index is 0.0950. The number of ether oxygens (including phenoxy) is 1. The van der Waals surface area contributed by atoms with Gasteiger partial charge in [0.1, 0.15) is 17.9 Å². The fourth-order valence-corrected chi connectivity index (χ4v) is 4.19. The Morgan fingerprint density at radius 2 is 2.19 bits per heavy atom. The van der Waals surface area contributed by atoms with Crippen molar-refractivity contribution in [1.82, 2.24) is 9.97 Å². The molecule has 0 radical (unpaired) electrons. The van der Waals surface area contributed by atoms with E-state index in [0.29, 0.717) is 26.1 Å². The summed E-state index contributed by atoms with van der Waals surface area (Å²) in [6, 6.07) is 7.75. The van der Waals surface area contributed by atoms with Crippen molar-refractivity contribution >= 4 is 11.8 Å². The number of anilines is 1. The molecule has 6 nitrogen and oxygen atoms in total. The lowest BCUT2D eigenvalue weighted by atomic mass is 9.74. The molecule has 2 atom stereocenters. The summed E-state index contributed by atoms with van der Waals surface area (Å²) in [7, 11) is 0. The van der Waals surface area contributed by atoms with Crippen molar-refractivity contribution in [2.24, 2.45) is 11.3 Å². The molecule has 1 aromatic heterocycles. The highest BCUT2D eigenvalue weighted by Crippen LogP contribution is 2.45. The maximum atomic E-state index is 12.4. The van der Waals surface area contributed by atoms with E-state index in [-0.39, 0.29) is 11.8 Å². The fourth-order valence-electron chi connectivity index (χ4n) is 4.19. The first-order valence-corrected chi connectivity index (χ1v) is 9.00. The highest BCUT2D eigenvalue weighted by Gasteiger charge is 2.54. The van der Waals surface area contributed by atoms with E-state index in [1.54, 1.807) is 0 Å². The van der Waals surface area contributed by atoms with Gasteiger partial charge in [-0.1, -0.05) is 32.0 Å². The zero-order chi connectivity index (χ0) is 18.3. The van der Waals surface area contributed by atoms with E-state index in [9.17, 15) is 9.90 Å². The Morgan fingerprint density at radius 3 is 2.96 bits per heavy atom. The first-order valence-electron chi connectivity index (χ1n) is 9.00. The number of carboxylic acid groups (broad SMARTS) is 1. The van der Waals surface area contributed by atoms with Crippen LogP contribution in [0.3, 0.4) is 0 Å². The summed E-state index contributed by atoms with van der Waals surface area (Å²) in [5.41, 5.74) is 1.14. The molecular weight excluding hydrogens is 330 g/mol. The number of para-hydroxylation sites is 1. The molecule has 0 unspecified atom stereocenters. The van der Waals surface area contributed by atoms with Crippen LogP contribution in [0.4, 0.5) is 5.82 Å². The Kier molecular flexibility index (Phi) is 4.05. The fraction of sp³-hybridized carbons (Fsp3) is 0.450. The summed E-state index contributed by atoms with van der Waals surface area (Å²) in [5, 5.41) is 10.2. The summed E-state index contributed by atoms with van der Waals surface area (Å²) in [5.74, 6) is 1.07. The van der Waals surface area contributed by atoms with Crippen molar-refractivity contribution in [2.75, 3.05) is 24.6 Å². The van der Waals surface area contributed by atoms with Gasteiger partial charge >= 0.3 is 5.97 Å². The van der Waals surface area contributed by atoms with Gasteiger partial charge in [0, 0.05) is 30.8 Å². The van der Waals surface area contributed by atoms with Crippen molar-refractivity contribution in [3.8, 4) is 5.75 Å². The van der Waals surface area contributed by atoms with Crippen LogP contribution in [0.2, 0.25) is 0 Å². The van der Waals surface area contributed by atoms with Crippen LogP contribution in [0.15, 0.2) is 36.8 Å². The zero-order valence-corrected chi connectivity index (χ0v) is 15.1. The van der Waals surface area contributed by atoms with Crippen molar-refractivity contribution in [2.45, 2.75) is 26.2 Å². The van der Waals surface area contributed by atoms with Gasteiger partial charge in [0.15, 0.2) is 0 Å². The lowest BCUT2D eigenvalue weighted by Crippen LogP contribution is -2.42. The van der Waals surface area contributed by atoms with Crippen LogP contribution >= 0.6 is 0 Å². The van der Waals surface area contributed by atoms with Gasteiger partial charge in [-0.2, -0.15) is 0 Å². The molecule has 6 heteroatoms. The van der Waals surface area contributed by atoms with Crippen LogP contribution in [0.5, 0.6) is 5.75 Å². The molecule has 1 N–H and O–H groups in total. The van der Waals surface area contributed by atoms with Crippen LogP contribution in [-0.2, 0) is 11.2 Å². The number of carboxylic acids is 1. The van der Waals surface area contributed by atoms with Crippen LogP contribution < -0.4 is 9.64 Å². The maximum Gasteiger partial charge on any atom is 0.312 e. The second-order valence-corrected chi connectivity index (χ2v) is 7.59. The van der Waals surface area contributed by atoms with Crippen LogP contribution in [0.1, 0.15) is 30.9 Å². The van der Waals surface area contributed by atoms with Crippen LogP contribution in [0.25, 0.3) is 0 Å². The second kappa shape index (κ2) is 6.27. The van der Waals surface area contributed by atoms with Crippen molar-refractivity contribution in [3.05, 3.63) is 47.9 Å². The number of carbonyl (C=O) groups is 1. The Balaban J connectivity index is 1.73. The minimum Gasteiger partial charge on any atom is -0.493 e. The number of aromatic nitrogens is 2. The third-order valence-corrected chi connectivity index (χ3v) is 5.68. The first-order chi connectivity index (χ1) is 12.5. The van der Waals surface area contributed by atoms with E-state index in [2.05, 4.69) is 28.7 Å². The molecule has 26 heavy (non-hydrogen) atoms. The molecule has 2 aromatic rings. The second-order valence-electron chi connectivity index (χ2n) is 7.59. The van der Waals surface area contributed by atoms with Crippen LogP contribution in [0, 0.1) is 11.3 Å². The summed E-state index contributed by atoms with van der Waals surface area (Å²) >= 11 is 0. The van der Waals surface area contributed by atoms with Gasteiger partial charge in [-0.05, 0) is 24.0 Å². The van der Waals surface area contributed by atoms with Crippen molar-refractivity contribution < 1.29 is 14.6 Å². The Labute approximate surface area is 152 Å². The van der Waals surface area contributed by atoms with Gasteiger partial charge in [-0.3, -0.25) is 4.79 Å². The molecule has 1 fully saturated rings. The number of aliphatic carboxylic acids is 1. The lowest BCUT2D eigenvalue weighted by molar-refractivity contribution is -0.150. The third kappa shape index (κ3) is 2.60. The summed E-state index contributed by atoms with van der Waals surface area (Å²) in [4.78, 5) is 23.1. The minimum atomic E-state index is -0.869. The molecule has 136 valence electrons. The molecule has 3 heterocycles. The van der Waals surface area contributed by atoms with Crippen molar-refractivity contribution in [3.63, 3.8) is 0 Å². The van der Waals surface area contributed by atoms with Crippen molar-refractivity contribution in [1.29, 1.82) is 0 Å². The summed E-state index contributed by atoms with van der Waals surface area (Å²) in [6.07, 6.45) is 3.84. The van der Waals surface area contributed by atoms with Crippen LogP contribution in [-0.4, -0.2) is 40.7 Å². The van der Waals surface area contributed by atoms with Gasteiger partial charge in [0.2, 0.25) is 0 Å². The van der Waals surface area contributed by atoms with E-state index < -0.39 is 11.4 Å². The number of benzene rings is 1. The number of hydrogen-bond donors (Lipinski definition) is 1. The van der Waals surface area contributed by atoms with E-state index in [0.717, 1.165) is 22.7 Å². The molecule has 0 bridgehead atoms. The normalized spacial score (nSPS) is 24.6. The Morgan fingerprint density at radius 1 is 1.38 bits per heavy atom. The van der Waals surface area contributed by atoms with E-state index in [4.69, 9.17) is 4.74 Å². The van der Waals surface area contributed by atoms with Gasteiger partial charge in [-0.25, -0.2) is 9.97 Å². The Bertz CT molecular complexity index is 839. The molecule has 1 saturated heterocycles. The molecule has 0 saturated carbocycles. The quantitative estimate of drug-likeness (QED) is 0.914. The number of fused-ring (bicyclic) bond motifs is 2. The molecule has 4 rings (SSSR count). The monoisotopic (exact) mass is 353 g/mol. The molecule has 0 spiro atoms. The molecular formula is C20H23N3O3. The predicted octanol–water partition coefficient (Wildman–Crippen LogP) is 2.74. The van der Waals surface area contributed by atoms with E-state index in [1.165, 1.54) is 6.33 Å². The third-order valence-electron chi connectivity index (χ3n) is 5.68. The SMILES string of the molecule is CC(C)c1cncnc1N1C[C@@H]2COc3ccccc3C[C@]2(C(=O)O)C1. The summed E-state index contributed by atoms with van der Waals surface area (Å²) < 4.78 is 5.98. The van der Waals surface area contributed by atoms with Gasteiger partial charge in [0.05, 0.1) is 12.0 Å². The first kappa shape index (κ1) is 16.8. The molecule has 2 aliphatic heterocycles. The Hall–Kier alpha value is -2.63. The summed E-state index contributed by atoms with van der Waals surface area (Å²) in [6.45, 7) is 5.66. The average Bonchev–Trinajstić information content (AvgIpc) is 2.93. The smallest absolute Gasteiger partial charge is 0.312 e. The topological polar surface area (TPSA) is 75.5 Å². The molecule has 1 aromatic carbocycles. The zero-order valence-electron chi connectivity index (χ0n) is 15.1. The number of nitrogens with zero attached hydrogens (tertiary/aromatic N) is 3. The van der Waals surface area contributed by atoms with Gasteiger partial charge in [-0.15, -0.1) is 0 Å².